The van der Waals surface area contributed by atoms with Crippen molar-refractivity contribution in [2.24, 2.45) is 17.8 Å². The van der Waals surface area contributed by atoms with Gasteiger partial charge in [-0.25, -0.2) is 4.98 Å². The third-order valence-corrected chi connectivity index (χ3v) is 6.57. The van der Waals surface area contributed by atoms with Crippen molar-refractivity contribution in [3.05, 3.63) is 47.7 Å². The average Bonchev–Trinajstić information content (AvgIpc) is 2.92. The van der Waals surface area contributed by atoms with E-state index in [2.05, 4.69) is 10.3 Å². The molecule has 10 nitrogen and oxygen atoms in total. The number of rotatable bonds is 7. The minimum absolute atomic E-state index is 0.0104. The number of benzene rings is 1. The molecular formula is C28H32N2O8. The minimum Gasteiger partial charge on any atom is -0.504 e. The molecular weight excluding hydrogens is 492 g/mol. The van der Waals surface area contributed by atoms with E-state index >= 15 is 0 Å². The molecule has 0 unspecified atom stereocenters. The molecule has 1 saturated carbocycles. The van der Waals surface area contributed by atoms with Crippen molar-refractivity contribution < 1.29 is 38.6 Å². The van der Waals surface area contributed by atoms with Crippen molar-refractivity contribution in [2.75, 3.05) is 12.4 Å². The van der Waals surface area contributed by atoms with E-state index in [0.717, 1.165) is 0 Å². The molecule has 2 N–H and O–H groups in total. The second-order valence-corrected chi connectivity index (χ2v) is 9.70. The Balaban J connectivity index is 2.05. The van der Waals surface area contributed by atoms with Gasteiger partial charge in [-0.15, -0.1) is 0 Å². The number of hydrogen-bond acceptors (Lipinski definition) is 10. The van der Waals surface area contributed by atoms with Crippen LogP contribution in [-0.2, 0) is 35.1 Å². The molecule has 1 aromatic carbocycles. The van der Waals surface area contributed by atoms with Gasteiger partial charge in [0, 0.05) is 12.5 Å². The number of aromatic nitrogens is 1. The summed E-state index contributed by atoms with van der Waals surface area (Å²) < 4.78 is 10.7. The smallest absolute Gasteiger partial charge is 0.308 e. The van der Waals surface area contributed by atoms with Gasteiger partial charge in [-0.3, -0.25) is 24.0 Å². The van der Waals surface area contributed by atoms with Gasteiger partial charge in [-0.05, 0) is 18.9 Å². The first-order valence-corrected chi connectivity index (χ1v) is 12.3. The van der Waals surface area contributed by atoms with Crippen LogP contribution in [0.1, 0.15) is 38.4 Å². The Labute approximate surface area is 220 Å². The summed E-state index contributed by atoms with van der Waals surface area (Å²) in [5.74, 6) is -7.39. The van der Waals surface area contributed by atoms with E-state index in [9.17, 15) is 29.1 Å². The number of ketones is 4. The number of nitrogens with one attached hydrogen (secondary N) is 1. The fourth-order valence-corrected chi connectivity index (χ4v) is 4.32. The molecule has 10 heteroatoms. The van der Waals surface area contributed by atoms with E-state index in [1.807, 2.05) is 0 Å². The molecule has 0 amide bonds. The van der Waals surface area contributed by atoms with Crippen LogP contribution >= 0.6 is 0 Å². The largest absolute Gasteiger partial charge is 0.504 e. The lowest BCUT2D eigenvalue weighted by molar-refractivity contribution is -0.163. The van der Waals surface area contributed by atoms with Gasteiger partial charge < -0.3 is 19.9 Å². The maximum atomic E-state index is 13.5. The van der Waals surface area contributed by atoms with Crippen LogP contribution in [-0.4, -0.2) is 58.4 Å². The first-order chi connectivity index (χ1) is 17.9. The zero-order chi connectivity index (χ0) is 28.1. The van der Waals surface area contributed by atoms with Gasteiger partial charge in [-0.2, -0.15) is 0 Å². The summed E-state index contributed by atoms with van der Waals surface area (Å²) in [5, 5.41) is 13.2. The molecule has 3 rings (SSSR count). The van der Waals surface area contributed by atoms with E-state index < -0.39 is 65.4 Å². The van der Waals surface area contributed by atoms with E-state index in [-0.39, 0.29) is 29.4 Å². The van der Waals surface area contributed by atoms with Crippen LogP contribution in [0.3, 0.4) is 0 Å². The predicted molar refractivity (Wildman–Crippen MR) is 137 cm³/mol. The molecule has 1 heterocycles. The number of methoxy groups -OCH3 is 1. The summed E-state index contributed by atoms with van der Waals surface area (Å²) in [5.41, 5.74) is 0.901. The number of esters is 1. The number of nitrogens with zero attached hydrogens (tertiary/aromatic N) is 1. The number of ether oxygens (including phenoxy) is 2. The summed E-state index contributed by atoms with van der Waals surface area (Å²) in [6.07, 6.45) is -1.92. The predicted octanol–water partition coefficient (Wildman–Crippen LogP) is 2.63. The minimum atomic E-state index is -1.45. The number of carbonyl (C=O) groups is 5. The van der Waals surface area contributed by atoms with E-state index in [1.165, 1.54) is 27.0 Å². The third kappa shape index (κ3) is 6.24. The average molecular weight is 525 g/mol. The van der Waals surface area contributed by atoms with Crippen LogP contribution < -0.4 is 10.1 Å². The fraction of sp³-hybridized carbons (Fsp3) is 0.429. The zero-order valence-corrected chi connectivity index (χ0v) is 22.0. The highest BCUT2D eigenvalue weighted by molar-refractivity contribution is 6.44. The van der Waals surface area contributed by atoms with E-state index in [4.69, 9.17) is 9.47 Å². The highest BCUT2D eigenvalue weighted by Crippen LogP contribution is 2.32. The molecule has 0 aliphatic heterocycles. The molecule has 0 saturated heterocycles. The third-order valence-electron chi connectivity index (χ3n) is 6.57. The number of pyridine rings is 1. The lowest BCUT2D eigenvalue weighted by Crippen LogP contribution is -2.45. The zero-order valence-electron chi connectivity index (χ0n) is 22.0. The van der Waals surface area contributed by atoms with E-state index in [0.29, 0.717) is 5.56 Å². The maximum Gasteiger partial charge on any atom is 0.308 e. The SMILES string of the molecule is COc1cc(N[C@H]2CC(=O)C(=O)[C@H](Cc3ccccc3)[C@H](OC(=O)C(C)C)[C@H](C)C(=O)C2=O)c(O)c(C)n1. The van der Waals surface area contributed by atoms with Crippen LogP contribution in [0.4, 0.5) is 5.69 Å². The van der Waals surface area contributed by atoms with Crippen LogP contribution in [0.25, 0.3) is 0 Å². The topological polar surface area (TPSA) is 149 Å². The number of anilines is 1. The molecule has 0 spiro atoms. The second-order valence-electron chi connectivity index (χ2n) is 9.70. The Kier molecular flexibility index (Phi) is 8.98. The van der Waals surface area contributed by atoms with Crippen LogP contribution in [0, 0.1) is 24.7 Å². The highest BCUT2D eigenvalue weighted by Gasteiger charge is 2.46. The van der Waals surface area contributed by atoms with Crippen molar-refractivity contribution in [3.8, 4) is 11.6 Å². The van der Waals surface area contributed by atoms with Crippen molar-refractivity contribution >= 4 is 34.8 Å². The van der Waals surface area contributed by atoms with Gasteiger partial charge >= 0.3 is 5.97 Å². The molecule has 1 aliphatic rings. The first-order valence-electron chi connectivity index (χ1n) is 12.3. The van der Waals surface area contributed by atoms with Crippen molar-refractivity contribution in [1.82, 2.24) is 4.98 Å². The summed E-state index contributed by atoms with van der Waals surface area (Å²) in [4.78, 5) is 70.1. The lowest BCUT2D eigenvalue weighted by Gasteiger charge is -2.29. The number of hydrogen-bond donors (Lipinski definition) is 2. The Morgan fingerprint density at radius 2 is 1.76 bits per heavy atom. The standard InChI is InChI=1S/C28H32N2O8/c1-14(2)28(36)38-27-15(3)23(32)26(35)19(30-20-13-22(37-5)29-16(4)24(20)33)12-21(31)25(34)18(27)11-17-9-7-6-8-10-17/h6-10,13-15,18-19,27,33H,11-12H2,1-5H3,(H,29,30)/t15-,18+,19+,27-/m1/s1. The number of Topliss-reactive ketones (excluding diaryl/α,β-unsaturated/α-hetero) is 4. The number of aromatic hydroxyl groups is 1. The molecule has 1 aliphatic carbocycles. The Morgan fingerprint density at radius 1 is 1.11 bits per heavy atom. The number of carbonyl (C=O) groups excluding carboxylic acids is 5. The summed E-state index contributed by atoms with van der Waals surface area (Å²) in [6, 6.07) is 8.71. The monoisotopic (exact) mass is 524 g/mol. The van der Waals surface area contributed by atoms with Crippen molar-refractivity contribution in [2.45, 2.75) is 52.7 Å². The quantitative estimate of drug-likeness (QED) is 0.409. The molecule has 0 bridgehead atoms. The Morgan fingerprint density at radius 3 is 2.37 bits per heavy atom. The van der Waals surface area contributed by atoms with Gasteiger partial charge in [0.1, 0.15) is 12.1 Å². The van der Waals surface area contributed by atoms with Gasteiger partial charge in [0.2, 0.25) is 29.0 Å². The Bertz CT molecular complexity index is 1240. The Hall–Kier alpha value is -4.08. The highest BCUT2D eigenvalue weighted by atomic mass is 16.5. The molecule has 1 fully saturated rings. The summed E-state index contributed by atoms with van der Waals surface area (Å²) in [6.45, 7) is 6.13. The first kappa shape index (κ1) is 28.5. The molecule has 1 aromatic heterocycles. The van der Waals surface area contributed by atoms with Crippen molar-refractivity contribution in [3.63, 3.8) is 0 Å². The van der Waals surface area contributed by atoms with Crippen LogP contribution in [0.15, 0.2) is 36.4 Å². The van der Waals surface area contributed by atoms with Crippen LogP contribution in [0.5, 0.6) is 11.6 Å². The van der Waals surface area contributed by atoms with Gasteiger partial charge in [0.05, 0.1) is 36.2 Å². The normalized spacial score (nSPS) is 22.5. The maximum absolute atomic E-state index is 13.5. The lowest BCUT2D eigenvalue weighted by atomic mass is 9.81. The summed E-state index contributed by atoms with van der Waals surface area (Å²) in [7, 11) is 1.37. The van der Waals surface area contributed by atoms with E-state index in [1.54, 1.807) is 44.2 Å². The second kappa shape index (κ2) is 12.0. The molecule has 0 radical (unpaired) electrons. The molecule has 38 heavy (non-hydrogen) atoms. The van der Waals surface area contributed by atoms with Gasteiger partial charge in [0.15, 0.2) is 5.75 Å². The summed E-state index contributed by atoms with van der Waals surface area (Å²) >= 11 is 0. The van der Waals surface area contributed by atoms with Crippen molar-refractivity contribution in [1.29, 1.82) is 0 Å². The van der Waals surface area contributed by atoms with Gasteiger partial charge in [-0.1, -0.05) is 51.1 Å². The molecule has 4 atom stereocenters. The van der Waals surface area contributed by atoms with Crippen LogP contribution in [0.2, 0.25) is 0 Å². The fourth-order valence-electron chi connectivity index (χ4n) is 4.32. The molecule has 2 aromatic rings. The molecule has 202 valence electrons. The number of aryl methyl sites for hydroxylation is 1. The van der Waals surface area contributed by atoms with Gasteiger partial charge in [0.25, 0.3) is 0 Å².